The number of rotatable bonds is 6. The Morgan fingerprint density at radius 3 is 2.72 bits per heavy atom. The fourth-order valence-corrected chi connectivity index (χ4v) is 3.89. The number of hydrogen-bond acceptors (Lipinski definition) is 6. The smallest absolute Gasteiger partial charge is 0.255 e. The predicted octanol–water partition coefficient (Wildman–Crippen LogP) is 4.10. The van der Waals surface area contributed by atoms with E-state index < -0.39 is 6.04 Å². The number of aromatic nitrogens is 4. The molecular weight excluding hydrogens is 384 g/mol. The molecule has 148 valence electrons. The summed E-state index contributed by atoms with van der Waals surface area (Å²) in [6, 6.07) is 14.6. The molecule has 3 heterocycles. The van der Waals surface area contributed by atoms with Gasteiger partial charge in [-0.05, 0) is 37.6 Å². The van der Waals surface area contributed by atoms with Gasteiger partial charge in [-0.1, -0.05) is 43.0 Å². The Morgan fingerprint density at radius 1 is 1.21 bits per heavy atom. The molecule has 2 aromatic heterocycles. The van der Waals surface area contributed by atoms with E-state index in [1.807, 2.05) is 55.5 Å². The molecule has 7 nitrogen and oxygen atoms in total. The van der Waals surface area contributed by atoms with Gasteiger partial charge in [0.25, 0.3) is 5.91 Å². The molecule has 8 heteroatoms. The SMILES string of the molecule is CCCSc1nc2n(n1)C(c1ccccn1)C(C(=O)Nc1ccccc1)=C(C)N2. The summed E-state index contributed by atoms with van der Waals surface area (Å²) in [5.74, 6) is 1.36. The number of fused-ring (bicyclic) bond motifs is 1. The lowest BCUT2D eigenvalue weighted by Crippen LogP contribution is -2.32. The molecule has 1 aromatic carbocycles. The Labute approximate surface area is 173 Å². The number of pyridine rings is 1. The van der Waals surface area contributed by atoms with Crippen molar-refractivity contribution in [2.75, 3.05) is 16.4 Å². The van der Waals surface area contributed by atoms with Crippen molar-refractivity contribution >= 4 is 29.3 Å². The number of benzene rings is 1. The third-order valence-corrected chi connectivity index (χ3v) is 5.56. The lowest BCUT2D eigenvalue weighted by atomic mass is 9.98. The van der Waals surface area contributed by atoms with Gasteiger partial charge in [0.05, 0.1) is 11.3 Å². The van der Waals surface area contributed by atoms with Crippen LogP contribution in [0.3, 0.4) is 0 Å². The Bertz CT molecular complexity index is 1030. The molecule has 0 radical (unpaired) electrons. The average Bonchev–Trinajstić information content (AvgIpc) is 3.14. The minimum absolute atomic E-state index is 0.194. The maximum Gasteiger partial charge on any atom is 0.255 e. The van der Waals surface area contributed by atoms with Crippen LogP contribution in [0.25, 0.3) is 0 Å². The maximum absolute atomic E-state index is 13.2. The number of allylic oxidation sites excluding steroid dienone is 1. The minimum Gasteiger partial charge on any atom is -0.328 e. The fraction of sp³-hybridized carbons (Fsp3) is 0.238. The van der Waals surface area contributed by atoms with Crippen LogP contribution in [0, 0.1) is 0 Å². The van der Waals surface area contributed by atoms with Crippen LogP contribution in [0.1, 0.15) is 32.0 Å². The van der Waals surface area contributed by atoms with Gasteiger partial charge in [0.2, 0.25) is 11.1 Å². The van der Waals surface area contributed by atoms with Gasteiger partial charge < -0.3 is 10.6 Å². The molecule has 3 aromatic rings. The molecule has 1 atom stereocenters. The molecule has 29 heavy (non-hydrogen) atoms. The highest BCUT2D eigenvalue weighted by molar-refractivity contribution is 7.99. The minimum atomic E-state index is -0.459. The van der Waals surface area contributed by atoms with Gasteiger partial charge in [-0.3, -0.25) is 9.78 Å². The normalized spacial score (nSPS) is 15.6. The zero-order valence-corrected chi connectivity index (χ0v) is 17.1. The molecule has 0 saturated heterocycles. The van der Waals surface area contributed by atoms with E-state index in [0.29, 0.717) is 16.7 Å². The first-order valence-electron chi connectivity index (χ1n) is 9.52. The van der Waals surface area contributed by atoms with Gasteiger partial charge in [-0.15, -0.1) is 5.10 Å². The van der Waals surface area contributed by atoms with E-state index in [1.54, 1.807) is 22.6 Å². The van der Waals surface area contributed by atoms with Crippen LogP contribution in [0.5, 0.6) is 0 Å². The highest BCUT2D eigenvalue weighted by Crippen LogP contribution is 2.35. The van der Waals surface area contributed by atoms with Gasteiger partial charge >= 0.3 is 0 Å². The quantitative estimate of drug-likeness (QED) is 0.600. The number of nitrogens with zero attached hydrogens (tertiary/aromatic N) is 4. The number of anilines is 2. The van der Waals surface area contributed by atoms with Crippen molar-refractivity contribution in [3.8, 4) is 0 Å². The van der Waals surface area contributed by atoms with Crippen molar-refractivity contribution in [2.24, 2.45) is 0 Å². The number of carbonyl (C=O) groups excluding carboxylic acids is 1. The number of nitrogens with one attached hydrogen (secondary N) is 2. The first-order valence-corrected chi connectivity index (χ1v) is 10.5. The first-order chi connectivity index (χ1) is 14.2. The standard InChI is InChI=1S/C21H22N6OS/c1-3-13-29-21-25-20-23-14(2)17(19(28)24-15-9-5-4-6-10-15)18(27(20)26-21)16-11-7-8-12-22-16/h4-12,18H,3,13H2,1-2H3,(H,24,28)(H,23,25,26). The van der Waals surface area contributed by atoms with E-state index in [-0.39, 0.29) is 5.91 Å². The first kappa shape index (κ1) is 19.2. The Balaban J connectivity index is 1.74. The monoisotopic (exact) mass is 406 g/mol. The molecule has 0 saturated carbocycles. The zero-order chi connectivity index (χ0) is 20.2. The molecule has 0 fully saturated rings. The molecule has 1 aliphatic heterocycles. The number of thioether (sulfide) groups is 1. The van der Waals surface area contributed by atoms with Crippen LogP contribution < -0.4 is 10.6 Å². The second kappa shape index (κ2) is 8.48. The van der Waals surface area contributed by atoms with Crippen molar-refractivity contribution in [1.82, 2.24) is 19.7 Å². The summed E-state index contributed by atoms with van der Waals surface area (Å²) in [5.41, 5.74) is 2.78. The average molecular weight is 407 g/mol. The summed E-state index contributed by atoms with van der Waals surface area (Å²) < 4.78 is 1.76. The summed E-state index contributed by atoms with van der Waals surface area (Å²) in [4.78, 5) is 22.4. The molecule has 1 unspecified atom stereocenters. The lowest BCUT2D eigenvalue weighted by Gasteiger charge is -2.27. The third kappa shape index (κ3) is 4.02. The van der Waals surface area contributed by atoms with Crippen LogP contribution >= 0.6 is 11.8 Å². The predicted molar refractivity (Wildman–Crippen MR) is 115 cm³/mol. The second-order valence-corrected chi connectivity index (χ2v) is 7.71. The van der Waals surface area contributed by atoms with Crippen LogP contribution in [0.2, 0.25) is 0 Å². The summed E-state index contributed by atoms with van der Waals surface area (Å²) in [6.45, 7) is 4.00. The van der Waals surface area contributed by atoms with Gasteiger partial charge in [-0.2, -0.15) is 4.98 Å². The number of para-hydroxylation sites is 1. The van der Waals surface area contributed by atoms with Crippen molar-refractivity contribution in [1.29, 1.82) is 0 Å². The van der Waals surface area contributed by atoms with Crippen LogP contribution in [-0.4, -0.2) is 31.4 Å². The van der Waals surface area contributed by atoms with E-state index in [9.17, 15) is 4.79 Å². The maximum atomic E-state index is 13.2. The Morgan fingerprint density at radius 2 is 2.00 bits per heavy atom. The molecule has 2 N–H and O–H groups in total. The van der Waals surface area contributed by atoms with E-state index in [1.165, 1.54) is 0 Å². The number of carbonyl (C=O) groups is 1. The fourth-order valence-electron chi connectivity index (χ4n) is 3.21. The van der Waals surface area contributed by atoms with Crippen LogP contribution in [0.4, 0.5) is 11.6 Å². The summed E-state index contributed by atoms with van der Waals surface area (Å²) >= 11 is 1.60. The van der Waals surface area contributed by atoms with E-state index >= 15 is 0 Å². The third-order valence-electron chi connectivity index (χ3n) is 4.51. The topological polar surface area (TPSA) is 84.7 Å². The molecule has 4 rings (SSSR count). The number of hydrogen-bond donors (Lipinski definition) is 2. The van der Waals surface area contributed by atoms with E-state index in [4.69, 9.17) is 0 Å². The summed E-state index contributed by atoms with van der Waals surface area (Å²) in [5, 5.41) is 11.6. The van der Waals surface area contributed by atoms with Gasteiger partial charge in [0.15, 0.2) is 0 Å². The van der Waals surface area contributed by atoms with Crippen molar-refractivity contribution < 1.29 is 4.79 Å². The second-order valence-electron chi connectivity index (χ2n) is 6.65. The molecule has 1 amide bonds. The van der Waals surface area contributed by atoms with Gasteiger partial charge in [-0.25, -0.2) is 4.68 Å². The Hall–Kier alpha value is -3.13. The molecular formula is C21H22N6OS. The van der Waals surface area contributed by atoms with Crippen molar-refractivity contribution in [2.45, 2.75) is 31.5 Å². The summed E-state index contributed by atoms with van der Waals surface area (Å²) in [6.07, 6.45) is 2.76. The van der Waals surface area contributed by atoms with Gasteiger partial charge in [0, 0.05) is 23.3 Å². The van der Waals surface area contributed by atoms with E-state index in [2.05, 4.69) is 32.6 Å². The van der Waals surface area contributed by atoms with Crippen LogP contribution in [-0.2, 0) is 4.79 Å². The Kier molecular flexibility index (Phi) is 5.62. The molecule has 0 bridgehead atoms. The highest BCUT2D eigenvalue weighted by Gasteiger charge is 2.35. The number of amides is 1. The summed E-state index contributed by atoms with van der Waals surface area (Å²) in [7, 11) is 0. The van der Waals surface area contributed by atoms with Crippen LogP contribution in [0.15, 0.2) is 71.2 Å². The van der Waals surface area contributed by atoms with Crippen molar-refractivity contribution in [3.63, 3.8) is 0 Å². The van der Waals surface area contributed by atoms with Crippen molar-refractivity contribution in [3.05, 3.63) is 71.7 Å². The lowest BCUT2D eigenvalue weighted by molar-refractivity contribution is -0.113. The molecule has 0 aliphatic carbocycles. The van der Waals surface area contributed by atoms with Gasteiger partial charge in [0.1, 0.15) is 6.04 Å². The molecule has 0 spiro atoms. The largest absolute Gasteiger partial charge is 0.328 e. The molecule has 1 aliphatic rings. The van der Waals surface area contributed by atoms with E-state index in [0.717, 1.165) is 29.3 Å². The highest BCUT2D eigenvalue weighted by atomic mass is 32.2. The zero-order valence-electron chi connectivity index (χ0n) is 16.3.